The summed E-state index contributed by atoms with van der Waals surface area (Å²) in [7, 11) is 0. The SMILES string of the molecule is CCNCC(F)(F)CCC/C=C/c1cccc2c1CN(C(=O)OCC)C2. The van der Waals surface area contributed by atoms with Crippen LogP contribution >= 0.6 is 0 Å². The number of hydrogen-bond donors (Lipinski definition) is 1. The monoisotopic (exact) mass is 366 g/mol. The molecule has 1 amide bonds. The molecule has 0 atom stereocenters. The average molecular weight is 366 g/mol. The number of unbranched alkanes of at least 4 members (excludes halogenated alkanes) is 1. The second-order valence-electron chi connectivity index (χ2n) is 6.47. The summed E-state index contributed by atoms with van der Waals surface area (Å²) in [5.74, 6) is -2.65. The van der Waals surface area contributed by atoms with Crippen LogP contribution in [0.1, 0.15) is 49.8 Å². The van der Waals surface area contributed by atoms with E-state index in [0.29, 0.717) is 39.1 Å². The van der Waals surface area contributed by atoms with Gasteiger partial charge in [0.05, 0.1) is 19.7 Å². The lowest BCUT2D eigenvalue weighted by molar-refractivity contribution is -0.00744. The second kappa shape index (κ2) is 9.67. The van der Waals surface area contributed by atoms with Gasteiger partial charge in [0.15, 0.2) is 0 Å². The molecule has 1 heterocycles. The highest BCUT2D eigenvalue weighted by Gasteiger charge is 2.27. The molecule has 144 valence electrons. The molecule has 1 aromatic rings. The maximum absolute atomic E-state index is 13.6. The average Bonchev–Trinajstić information content (AvgIpc) is 3.05. The molecule has 2 rings (SSSR count). The zero-order valence-corrected chi connectivity index (χ0v) is 15.6. The number of rotatable bonds is 9. The molecule has 4 nitrogen and oxygen atoms in total. The van der Waals surface area contributed by atoms with Crippen LogP contribution in [0.5, 0.6) is 0 Å². The molecule has 0 unspecified atom stereocenters. The fourth-order valence-corrected chi connectivity index (χ4v) is 3.03. The summed E-state index contributed by atoms with van der Waals surface area (Å²) in [6.45, 7) is 5.33. The number of benzene rings is 1. The maximum atomic E-state index is 13.6. The summed E-state index contributed by atoms with van der Waals surface area (Å²) in [5.41, 5.74) is 3.25. The summed E-state index contributed by atoms with van der Waals surface area (Å²) in [6, 6.07) is 5.95. The van der Waals surface area contributed by atoms with Crippen molar-refractivity contribution in [1.82, 2.24) is 10.2 Å². The largest absolute Gasteiger partial charge is 0.450 e. The number of alkyl halides is 2. The minimum Gasteiger partial charge on any atom is -0.450 e. The van der Waals surface area contributed by atoms with Crippen LogP contribution in [0.3, 0.4) is 0 Å². The predicted molar refractivity (Wildman–Crippen MR) is 99.1 cm³/mol. The van der Waals surface area contributed by atoms with Gasteiger partial charge in [0.25, 0.3) is 5.92 Å². The van der Waals surface area contributed by atoms with Crippen molar-refractivity contribution < 1.29 is 18.3 Å². The van der Waals surface area contributed by atoms with Gasteiger partial charge in [-0.1, -0.05) is 37.3 Å². The molecule has 6 heteroatoms. The van der Waals surface area contributed by atoms with E-state index in [4.69, 9.17) is 4.74 Å². The van der Waals surface area contributed by atoms with Gasteiger partial charge >= 0.3 is 6.09 Å². The Morgan fingerprint density at radius 1 is 1.35 bits per heavy atom. The fourth-order valence-electron chi connectivity index (χ4n) is 3.03. The highest BCUT2D eigenvalue weighted by molar-refractivity contribution is 5.70. The first kappa shape index (κ1) is 20.4. The summed E-state index contributed by atoms with van der Waals surface area (Å²) in [4.78, 5) is 13.6. The van der Waals surface area contributed by atoms with Crippen molar-refractivity contribution in [1.29, 1.82) is 0 Å². The number of ether oxygens (including phenoxy) is 1. The van der Waals surface area contributed by atoms with Crippen molar-refractivity contribution >= 4 is 12.2 Å². The number of hydrogen-bond acceptors (Lipinski definition) is 3. The Labute approximate surface area is 154 Å². The van der Waals surface area contributed by atoms with Gasteiger partial charge in [-0.3, -0.25) is 4.90 Å². The maximum Gasteiger partial charge on any atom is 0.410 e. The van der Waals surface area contributed by atoms with E-state index in [2.05, 4.69) is 5.32 Å². The Kier molecular flexibility index (Phi) is 7.57. The van der Waals surface area contributed by atoms with Crippen molar-refractivity contribution in [2.75, 3.05) is 19.7 Å². The highest BCUT2D eigenvalue weighted by atomic mass is 19.3. The third-order valence-corrected chi connectivity index (χ3v) is 4.39. The first-order valence-electron chi connectivity index (χ1n) is 9.24. The van der Waals surface area contributed by atoms with E-state index in [-0.39, 0.29) is 19.1 Å². The summed E-state index contributed by atoms with van der Waals surface area (Å²) < 4.78 is 32.2. The van der Waals surface area contributed by atoms with Gasteiger partial charge < -0.3 is 10.1 Å². The van der Waals surface area contributed by atoms with E-state index < -0.39 is 5.92 Å². The minimum atomic E-state index is -2.65. The lowest BCUT2D eigenvalue weighted by Gasteiger charge is -2.15. The predicted octanol–water partition coefficient (Wildman–Crippen LogP) is 4.59. The molecule has 0 aliphatic carbocycles. The summed E-state index contributed by atoms with van der Waals surface area (Å²) in [6.07, 6.45) is 4.53. The molecule has 0 fully saturated rings. The lowest BCUT2D eigenvalue weighted by Crippen LogP contribution is -2.32. The standard InChI is InChI=1S/C20H28F2N2O2/c1-3-23-15-20(21,22)12-7-5-6-9-16-10-8-11-17-13-24(14-18(16)17)19(25)26-4-2/h6,8-11,23H,3-5,7,12-15H2,1-2H3/b9-6+. The number of nitrogens with one attached hydrogen (secondary N) is 1. The number of fused-ring (bicyclic) bond motifs is 1. The molecule has 1 aliphatic heterocycles. The summed E-state index contributed by atoms with van der Waals surface area (Å²) >= 11 is 0. The number of amides is 1. The van der Waals surface area contributed by atoms with Crippen LogP contribution in [0.25, 0.3) is 6.08 Å². The molecular weight excluding hydrogens is 338 g/mol. The molecule has 0 aromatic heterocycles. The van der Waals surface area contributed by atoms with Gasteiger partial charge in [-0.15, -0.1) is 0 Å². The van der Waals surface area contributed by atoms with Crippen molar-refractivity contribution in [2.45, 2.75) is 52.1 Å². The fraction of sp³-hybridized carbons (Fsp3) is 0.550. The van der Waals surface area contributed by atoms with E-state index >= 15 is 0 Å². The van der Waals surface area contributed by atoms with Gasteiger partial charge in [0.1, 0.15) is 0 Å². The van der Waals surface area contributed by atoms with Crippen molar-refractivity contribution in [3.63, 3.8) is 0 Å². The lowest BCUT2D eigenvalue weighted by atomic mass is 10.0. The number of halogens is 2. The molecule has 1 N–H and O–H groups in total. The zero-order valence-electron chi connectivity index (χ0n) is 15.6. The van der Waals surface area contributed by atoms with Gasteiger partial charge in [0.2, 0.25) is 0 Å². The Hall–Kier alpha value is -1.95. The summed E-state index contributed by atoms with van der Waals surface area (Å²) in [5, 5.41) is 2.70. The van der Waals surface area contributed by atoms with Crippen LogP contribution in [0, 0.1) is 0 Å². The normalized spacial score (nSPS) is 14.1. The van der Waals surface area contributed by atoms with E-state index in [9.17, 15) is 13.6 Å². The molecule has 0 radical (unpaired) electrons. The molecule has 1 aromatic carbocycles. The Bertz CT molecular complexity index is 632. The van der Waals surface area contributed by atoms with Crippen LogP contribution in [-0.2, 0) is 17.8 Å². The van der Waals surface area contributed by atoms with Crippen molar-refractivity contribution in [2.24, 2.45) is 0 Å². The molecular formula is C20H28F2N2O2. The molecule has 0 spiro atoms. The van der Waals surface area contributed by atoms with E-state index in [1.165, 1.54) is 0 Å². The number of allylic oxidation sites excluding steroid dienone is 1. The van der Waals surface area contributed by atoms with Gasteiger partial charge in [-0.25, -0.2) is 13.6 Å². The molecule has 1 aliphatic rings. The quantitative estimate of drug-likeness (QED) is 0.650. The van der Waals surface area contributed by atoms with Gasteiger partial charge in [-0.05, 0) is 43.0 Å². The Balaban J connectivity index is 1.87. The third-order valence-electron chi connectivity index (χ3n) is 4.39. The van der Waals surface area contributed by atoms with Crippen LogP contribution in [0.15, 0.2) is 24.3 Å². The van der Waals surface area contributed by atoms with E-state index in [1.807, 2.05) is 37.3 Å². The first-order chi connectivity index (χ1) is 12.5. The molecule has 0 saturated carbocycles. The highest BCUT2D eigenvalue weighted by Crippen LogP contribution is 2.28. The number of carbonyl (C=O) groups is 1. The van der Waals surface area contributed by atoms with Gasteiger partial charge in [-0.2, -0.15) is 0 Å². The molecule has 0 saturated heterocycles. The Morgan fingerprint density at radius 3 is 2.88 bits per heavy atom. The smallest absolute Gasteiger partial charge is 0.410 e. The second-order valence-corrected chi connectivity index (χ2v) is 6.47. The van der Waals surface area contributed by atoms with Gasteiger partial charge in [0, 0.05) is 13.0 Å². The van der Waals surface area contributed by atoms with Crippen LogP contribution in [-0.4, -0.2) is 36.6 Å². The van der Waals surface area contributed by atoms with Crippen LogP contribution in [0.4, 0.5) is 13.6 Å². The van der Waals surface area contributed by atoms with E-state index in [1.54, 1.807) is 11.8 Å². The molecule has 26 heavy (non-hydrogen) atoms. The number of nitrogens with zero attached hydrogens (tertiary/aromatic N) is 1. The third kappa shape index (κ3) is 5.80. The zero-order chi connectivity index (χ0) is 19.0. The topological polar surface area (TPSA) is 41.6 Å². The number of carbonyl (C=O) groups excluding carboxylic acids is 1. The van der Waals surface area contributed by atoms with E-state index in [0.717, 1.165) is 16.7 Å². The van der Waals surface area contributed by atoms with Crippen LogP contribution < -0.4 is 5.32 Å². The molecule has 0 bridgehead atoms. The Morgan fingerprint density at radius 2 is 2.15 bits per heavy atom. The first-order valence-corrected chi connectivity index (χ1v) is 9.24. The minimum absolute atomic E-state index is 0.117. The van der Waals surface area contributed by atoms with Crippen molar-refractivity contribution in [3.8, 4) is 0 Å². The van der Waals surface area contributed by atoms with Crippen LogP contribution in [0.2, 0.25) is 0 Å². The van der Waals surface area contributed by atoms with Crippen molar-refractivity contribution in [3.05, 3.63) is 41.0 Å².